The van der Waals surface area contributed by atoms with E-state index in [4.69, 9.17) is 0 Å². The lowest BCUT2D eigenvalue weighted by atomic mass is 10.1. The topological polar surface area (TPSA) is 62.6 Å². The van der Waals surface area contributed by atoms with Crippen LogP contribution in [-0.2, 0) is 13.6 Å². The number of fused-ring (bicyclic) bond motifs is 2. The van der Waals surface area contributed by atoms with Gasteiger partial charge in [-0.25, -0.2) is 4.98 Å². The van der Waals surface area contributed by atoms with Gasteiger partial charge in [0.1, 0.15) is 11.5 Å². The Hall–Kier alpha value is -2.37. The van der Waals surface area contributed by atoms with Crippen molar-refractivity contribution in [2.45, 2.75) is 25.4 Å². The smallest absolute Gasteiger partial charge is 0.140 e. The molecule has 1 aliphatic heterocycles. The molecule has 0 radical (unpaired) electrons. The van der Waals surface area contributed by atoms with E-state index in [1.165, 1.54) is 12.8 Å². The van der Waals surface area contributed by atoms with Crippen LogP contribution in [0.3, 0.4) is 0 Å². The highest BCUT2D eigenvalue weighted by molar-refractivity contribution is 6.02. The summed E-state index contributed by atoms with van der Waals surface area (Å²) in [4.78, 5) is 7.02. The number of hydrogen-bond donors (Lipinski definition) is 1. The van der Waals surface area contributed by atoms with Gasteiger partial charge in [-0.15, -0.1) is 0 Å². The zero-order valence-electron chi connectivity index (χ0n) is 11.2. The molecule has 5 rings (SSSR count). The minimum Gasteiger partial charge on any atom is -0.347 e. The first-order valence-electron chi connectivity index (χ1n) is 6.94. The number of rotatable bonds is 1. The monoisotopic (exact) mass is 266 g/mol. The molecule has 1 fully saturated rings. The second kappa shape index (κ2) is 3.39. The van der Waals surface area contributed by atoms with E-state index in [1.807, 2.05) is 24.0 Å². The molecule has 0 bridgehead atoms. The van der Waals surface area contributed by atoms with Gasteiger partial charge in [0.2, 0.25) is 0 Å². The first-order chi connectivity index (χ1) is 9.81. The third-order valence-electron chi connectivity index (χ3n) is 4.20. The summed E-state index contributed by atoms with van der Waals surface area (Å²) < 4.78 is 1.87. The molecule has 6 nitrogen and oxygen atoms in total. The molecule has 0 atom stereocenters. The molecule has 0 aromatic carbocycles. The molecule has 0 saturated heterocycles. The van der Waals surface area contributed by atoms with Gasteiger partial charge in [-0.2, -0.15) is 10.2 Å². The van der Waals surface area contributed by atoms with Gasteiger partial charge in [-0.05, 0) is 18.9 Å². The first-order valence-corrected chi connectivity index (χ1v) is 6.94. The van der Waals surface area contributed by atoms with Crippen LogP contribution in [-0.4, -0.2) is 31.0 Å². The Morgan fingerprint density at radius 1 is 1.35 bits per heavy atom. The highest BCUT2D eigenvalue weighted by Gasteiger charge is 2.35. The maximum Gasteiger partial charge on any atom is 0.140 e. The molecule has 1 saturated carbocycles. The predicted octanol–water partition coefficient (Wildman–Crippen LogP) is 1.84. The fourth-order valence-electron chi connectivity index (χ4n) is 3.14. The van der Waals surface area contributed by atoms with Gasteiger partial charge in [-0.3, -0.25) is 9.78 Å². The molecular weight excluding hydrogens is 252 g/mol. The summed E-state index contributed by atoms with van der Waals surface area (Å²) in [6.45, 7) is 0.823. The standard InChI is InChI=1S/C14H14N6/c1-19-6-9-11(18-19)7-20(8-2-3-8)14-12-10(4-5-15-14)16-17-13(9)12/h4-6,8H,2-3,7H2,1H3,(H,16,17). The summed E-state index contributed by atoms with van der Waals surface area (Å²) in [6.07, 6.45) is 6.40. The van der Waals surface area contributed by atoms with Gasteiger partial charge in [0.05, 0.1) is 23.1 Å². The van der Waals surface area contributed by atoms with E-state index in [-0.39, 0.29) is 0 Å². The van der Waals surface area contributed by atoms with Crippen molar-refractivity contribution in [3.63, 3.8) is 0 Å². The maximum atomic E-state index is 4.63. The van der Waals surface area contributed by atoms with Gasteiger partial charge in [0, 0.05) is 31.0 Å². The minimum absolute atomic E-state index is 0.601. The van der Waals surface area contributed by atoms with Crippen molar-refractivity contribution in [1.82, 2.24) is 25.0 Å². The van der Waals surface area contributed by atoms with E-state index in [0.717, 1.165) is 40.2 Å². The van der Waals surface area contributed by atoms with Gasteiger partial charge in [-0.1, -0.05) is 0 Å². The van der Waals surface area contributed by atoms with Gasteiger partial charge in [0.25, 0.3) is 0 Å². The number of pyridine rings is 1. The molecule has 1 aliphatic carbocycles. The number of nitrogens with zero attached hydrogens (tertiary/aromatic N) is 5. The van der Waals surface area contributed by atoms with E-state index >= 15 is 0 Å². The summed E-state index contributed by atoms with van der Waals surface area (Å²) in [7, 11) is 1.96. The highest BCUT2D eigenvalue weighted by Crippen LogP contribution is 2.42. The maximum absolute atomic E-state index is 4.63. The van der Waals surface area contributed by atoms with Crippen LogP contribution in [0, 0.1) is 0 Å². The number of nitrogens with one attached hydrogen (secondary N) is 1. The zero-order chi connectivity index (χ0) is 13.3. The normalized spacial score (nSPS) is 17.4. The van der Waals surface area contributed by atoms with Crippen molar-refractivity contribution in [2.24, 2.45) is 7.05 Å². The molecule has 20 heavy (non-hydrogen) atoms. The lowest BCUT2D eigenvalue weighted by molar-refractivity contribution is 0.710. The average molecular weight is 266 g/mol. The third-order valence-corrected chi connectivity index (χ3v) is 4.20. The SMILES string of the molecule is Cn1cc2c(n1)CN(C1CC1)c1nccc3[nH]nc-2c13. The van der Waals surface area contributed by atoms with Crippen LogP contribution in [0.5, 0.6) is 0 Å². The Kier molecular flexibility index (Phi) is 1.77. The molecule has 0 unspecified atom stereocenters. The van der Waals surface area contributed by atoms with E-state index in [1.54, 1.807) is 0 Å². The number of anilines is 1. The van der Waals surface area contributed by atoms with Crippen molar-refractivity contribution in [2.75, 3.05) is 4.90 Å². The second-order valence-corrected chi connectivity index (χ2v) is 5.65. The summed E-state index contributed by atoms with van der Waals surface area (Å²) >= 11 is 0. The Bertz CT molecular complexity index is 825. The molecule has 100 valence electrons. The lowest BCUT2D eigenvalue weighted by Gasteiger charge is -2.22. The molecular formula is C14H14N6. The molecule has 6 heteroatoms. The van der Waals surface area contributed by atoms with Crippen LogP contribution in [0.25, 0.3) is 22.2 Å². The van der Waals surface area contributed by atoms with E-state index in [2.05, 4.69) is 31.4 Å². The molecule has 4 heterocycles. The molecule has 3 aromatic heterocycles. The van der Waals surface area contributed by atoms with Crippen molar-refractivity contribution < 1.29 is 0 Å². The predicted molar refractivity (Wildman–Crippen MR) is 75.3 cm³/mol. The van der Waals surface area contributed by atoms with Crippen LogP contribution >= 0.6 is 0 Å². The number of aromatic amines is 1. The van der Waals surface area contributed by atoms with Gasteiger partial charge < -0.3 is 4.90 Å². The second-order valence-electron chi connectivity index (χ2n) is 5.65. The van der Waals surface area contributed by atoms with Gasteiger partial charge >= 0.3 is 0 Å². The molecule has 3 aromatic rings. The Balaban J connectivity index is 1.89. The van der Waals surface area contributed by atoms with Crippen molar-refractivity contribution in [3.05, 3.63) is 24.2 Å². The first kappa shape index (κ1) is 10.4. The number of hydrogen-bond acceptors (Lipinski definition) is 4. The lowest BCUT2D eigenvalue weighted by Crippen LogP contribution is -2.26. The zero-order valence-corrected chi connectivity index (χ0v) is 11.2. The summed E-state index contributed by atoms with van der Waals surface area (Å²) in [6, 6.07) is 2.59. The molecule has 0 amide bonds. The number of aryl methyl sites for hydroxylation is 1. The number of aromatic nitrogens is 5. The minimum atomic E-state index is 0.601. The Labute approximate surface area is 115 Å². The van der Waals surface area contributed by atoms with Gasteiger partial charge in [0.15, 0.2) is 0 Å². The highest BCUT2D eigenvalue weighted by atomic mass is 15.3. The molecule has 0 spiro atoms. The van der Waals surface area contributed by atoms with Crippen LogP contribution in [0.4, 0.5) is 5.82 Å². The van der Waals surface area contributed by atoms with E-state index < -0.39 is 0 Å². The third kappa shape index (κ3) is 1.25. The fraction of sp³-hybridized carbons (Fsp3) is 0.357. The van der Waals surface area contributed by atoms with E-state index in [0.29, 0.717) is 6.04 Å². The Morgan fingerprint density at radius 3 is 3.10 bits per heavy atom. The molecule has 2 aliphatic rings. The Morgan fingerprint density at radius 2 is 2.25 bits per heavy atom. The van der Waals surface area contributed by atoms with Crippen molar-refractivity contribution in [3.8, 4) is 11.3 Å². The van der Waals surface area contributed by atoms with Crippen molar-refractivity contribution >= 4 is 16.7 Å². The van der Waals surface area contributed by atoms with E-state index in [9.17, 15) is 0 Å². The molecule has 1 N–H and O–H groups in total. The summed E-state index contributed by atoms with van der Waals surface area (Å²) in [5, 5.41) is 13.4. The van der Waals surface area contributed by atoms with Crippen LogP contribution < -0.4 is 4.90 Å². The average Bonchev–Trinajstić information content (AvgIpc) is 3.11. The quantitative estimate of drug-likeness (QED) is 0.730. The fourth-order valence-corrected chi connectivity index (χ4v) is 3.14. The number of H-pyrrole nitrogens is 1. The van der Waals surface area contributed by atoms with Crippen LogP contribution in [0.15, 0.2) is 18.5 Å². The summed E-state index contributed by atoms with van der Waals surface area (Å²) in [5.74, 6) is 1.05. The van der Waals surface area contributed by atoms with Crippen molar-refractivity contribution in [1.29, 1.82) is 0 Å². The largest absolute Gasteiger partial charge is 0.347 e. The van der Waals surface area contributed by atoms with Crippen LogP contribution in [0.1, 0.15) is 18.5 Å². The summed E-state index contributed by atoms with van der Waals surface area (Å²) in [5.41, 5.74) is 4.24. The van der Waals surface area contributed by atoms with Crippen LogP contribution in [0.2, 0.25) is 0 Å².